The van der Waals surface area contributed by atoms with E-state index in [1.54, 1.807) is 18.2 Å². The number of rotatable bonds is 3. The summed E-state index contributed by atoms with van der Waals surface area (Å²) >= 11 is 0. The Morgan fingerprint density at radius 1 is 1.38 bits per heavy atom. The number of amides is 2. The zero-order chi connectivity index (χ0) is 16.7. The van der Waals surface area contributed by atoms with Gasteiger partial charge in [0.25, 0.3) is 0 Å². The number of carbonyl (C=O) groups is 1. The Morgan fingerprint density at radius 3 is 3.04 bits per heavy atom. The topological polar surface area (TPSA) is 84.2 Å². The maximum absolute atomic E-state index is 12.3. The van der Waals surface area contributed by atoms with Gasteiger partial charge >= 0.3 is 6.03 Å². The average molecular weight is 322 g/mol. The molecule has 2 amide bonds. The number of nitrogens with zero attached hydrogens (tertiary/aromatic N) is 2. The lowest BCUT2D eigenvalue weighted by Gasteiger charge is -2.28. The number of ether oxygens (including phenoxy) is 1. The normalized spacial score (nSPS) is 16.1. The molecule has 24 heavy (non-hydrogen) atoms. The highest BCUT2D eigenvalue weighted by Gasteiger charge is 2.32. The van der Waals surface area contributed by atoms with Gasteiger partial charge in [-0.15, -0.1) is 0 Å². The molecule has 0 fully saturated rings. The van der Waals surface area contributed by atoms with Crippen LogP contribution in [0.3, 0.4) is 0 Å². The van der Waals surface area contributed by atoms with E-state index in [4.69, 9.17) is 10.5 Å². The first-order chi connectivity index (χ1) is 11.7. The number of hydrogen-bond acceptors (Lipinski definition) is 3. The number of carbonyl (C=O) groups excluding carboxylic acids is 1. The van der Waals surface area contributed by atoms with Crippen LogP contribution in [0.1, 0.15) is 23.6 Å². The van der Waals surface area contributed by atoms with Crippen molar-refractivity contribution in [1.82, 2.24) is 10.2 Å². The van der Waals surface area contributed by atoms with Gasteiger partial charge in [-0.3, -0.25) is 10.00 Å². The SMILES string of the molecule is COc1ccc2c(c1)CC[C@@H]2N(C(N)=O)c1cccc2[nH]ncc12. The van der Waals surface area contributed by atoms with Gasteiger partial charge in [-0.2, -0.15) is 5.10 Å². The van der Waals surface area contributed by atoms with E-state index in [-0.39, 0.29) is 6.04 Å². The minimum atomic E-state index is -0.461. The summed E-state index contributed by atoms with van der Waals surface area (Å²) < 4.78 is 5.30. The van der Waals surface area contributed by atoms with Crippen molar-refractivity contribution in [2.75, 3.05) is 12.0 Å². The molecule has 0 spiro atoms. The third kappa shape index (κ3) is 2.19. The zero-order valence-electron chi connectivity index (χ0n) is 13.3. The number of hydrogen-bond donors (Lipinski definition) is 2. The number of aromatic nitrogens is 2. The van der Waals surface area contributed by atoms with Crippen molar-refractivity contribution in [3.63, 3.8) is 0 Å². The number of nitrogens with one attached hydrogen (secondary N) is 1. The van der Waals surface area contributed by atoms with E-state index in [9.17, 15) is 4.79 Å². The van der Waals surface area contributed by atoms with Crippen LogP contribution in [0.4, 0.5) is 10.5 Å². The first-order valence-corrected chi connectivity index (χ1v) is 7.86. The van der Waals surface area contributed by atoms with Crippen molar-refractivity contribution in [2.45, 2.75) is 18.9 Å². The van der Waals surface area contributed by atoms with Crippen molar-refractivity contribution < 1.29 is 9.53 Å². The molecule has 6 heteroatoms. The van der Waals surface area contributed by atoms with Crippen LogP contribution in [0, 0.1) is 0 Å². The molecular weight excluding hydrogens is 304 g/mol. The molecule has 3 N–H and O–H groups in total. The number of aromatic amines is 1. The maximum atomic E-state index is 12.3. The summed E-state index contributed by atoms with van der Waals surface area (Å²) in [5.74, 6) is 0.831. The standard InChI is InChI=1S/C18H18N4O2/c1-24-12-6-7-13-11(9-12)5-8-17(13)22(18(19)23)16-4-2-3-15-14(16)10-20-21-15/h2-4,6-7,9-10,17H,5,8H2,1H3,(H2,19,23)(H,20,21)/t17-/m0/s1. The quantitative estimate of drug-likeness (QED) is 0.777. The van der Waals surface area contributed by atoms with Gasteiger partial charge in [0.05, 0.1) is 30.6 Å². The van der Waals surface area contributed by atoms with Crippen molar-refractivity contribution in [2.24, 2.45) is 5.73 Å². The number of H-pyrrole nitrogens is 1. The third-order valence-electron chi connectivity index (χ3n) is 4.67. The van der Waals surface area contributed by atoms with E-state index in [1.807, 2.05) is 36.4 Å². The Bertz CT molecular complexity index is 918. The molecule has 6 nitrogen and oxygen atoms in total. The predicted molar refractivity (Wildman–Crippen MR) is 92.2 cm³/mol. The summed E-state index contributed by atoms with van der Waals surface area (Å²) in [6, 6.07) is 11.2. The van der Waals surface area contributed by atoms with E-state index >= 15 is 0 Å². The van der Waals surface area contributed by atoms with Crippen LogP contribution in [0.25, 0.3) is 10.9 Å². The minimum Gasteiger partial charge on any atom is -0.497 e. The lowest BCUT2D eigenvalue weighted by Crippen LogP contribution is -2.38. The molecule has 1 aromatic heterocycles. The Labute approximate surface area is 139 Å². The highest BCUT2D eigenvalue weighted by Crippen LogP contribution is 2.41. The van der Waals surface area contributed by atoms with Crippen LogP contribution in [0.15, 0.2) is 42.6 Å². The van der Waals surface area contributed by atoms with Crippen molar-refractivity contribution >= 4 is 22.6 Å². The predicted octanol–water partition coefficient (Wildman–Crippen LogP) is 3.14. The van der Waals surface area contributed by atoms with Gasteiger partial charge < -0.3 is 10.5 Å². The Morgan fingerprint density at radius 2 is 2.25 bits per heavy atom. The molecule has 0 saturated carbocycles. The smallest absolute Gasteiger partial charge is 0.319 e. The zero-order valence-corrected chi connectivity index (χ0v) is 13.3. The average Bonchev–Trinajstić information content (AvgIpc) is 3.22. The van der Waals surface area contributed by atoms with E-state index in [0.29, 0.717) is 0 Å². The van der Waals surface area contributed by atoms with Crippen LogP contribution in [0.5, 0.6) is 5.75 Å². The molecule has 0 radical (unpaired) electrons. The summed E-state index contributed by atoms with van der Waals surface area (Å²) in [6.07, 6.45) is 3.45. The molecule has 3 aromatic rings. The molecule has 1 aliphatic rings. The number of urea groups is 1. The van der Waals surface area contributed by atoms with Gasteiger partial charge in [-0.25, -0.2) is 4.79 Å². The van der Waals surface area contributed by atoms with Gasteiger partial charge in [0, 0.05) is 5.39 Å². The van der Waals surface area contributed by atoms with Crippen molar-refractivity contribution in [3.8, 4) is 5.75 Å². The monoisotopic (exact) mass is 322 g/mol. The van der Waals surface area contributed by atoms with E-state index in [0.717, 1.165) is 40.7 Å². The van der Waals surface area contributed by atoms with Crippen LogP contribution in [-0.4, -0.2) is 23.3 Å². The minimum absolute atomic E-state index is 0.0797. The first-order valence-electron chi connectivity index (χ1n) is 7.86. The number of methoxy groups -OCH3 is 1. The van der Waals surface area contributed by atoms with Gasteiger partial charge in [0.1, 0.15) is 5.75 Å². The van der Waals surface area contributed by atoms with Gasteiger partial charge in [-0.1, -0.05) is 12.1 Å². The van der Waals surface area contributed by atoms with Gasteiger partial charge in [0.15, 0.2) is 0 Å². The lowest BCUT2D eigenvalue weighted by atomic mass is 10.1. The van der Waals surface area contributed by atoms with Crippen LogP contribution in [0.2, 0.25) is 0 Å². The molecule has 4 rings (SSSR count). The molecule has 0 unspecified atom stereocenters. The fraction of sp³-hybridized carbons (Fsp3) is 0.222. The molecule has 0 bridgehead atoms. The number of nitrogens with two attached hydrogens (primary N) is 1. The molecule has 0 saturated heterocycles. The van der Waals surface area contributed by atoms with E-state index < -0.39 is 6.03 Å². The number of benzene rings is 2. The Hall–Kier alpha value is -3.02. The molecule has 2 aromatic carbocycles. The van der Waals surface area contributed by atoms with Crippen molar-refractivity contribution in [3.05, 3.63) is 53.7 Å². The summed E-state index contributed by atoms with van der Waals surface area (Å²) in [7, 11) is 1.66. The second-order valence-corrected chi connectivity index (χ2v) is 5.94. The summed E-state index contributed by atoms with van der Waals surface area (Å²) in [5, 5.41) is 7.90. The highest BCUT2D eigenvalue weighted by molar-refractivity contribution is 6.02. The largest absolute Gasteiger partial charge is 0.497 e. The third-order valence-corrected chi connectivity index (χ3v) is 4.67. The van der Waals surface area contributed by atoms with E-state index in [1.165, 1.54) is 5.56 Å². The molecule has 1 heterocycles. The molecule has 1 atom stereocenters. The maximum Gasteiger partial charge on any atom is 0.319 e. The number of primary amides is 1. The molecular formula is C18H18N4O2. The second kappa shape index (κ2) is 5.56. The first kappa shape index (κ1) is 14.6. The van der Waals surface area contributed by atoms with Crippen LogP contribution >= 0.6 is 0 Å². The lowest BCUT2D eigenvalue weighted by molar-refractivity contribution is 0.251. The highest BCUT2D eigenvalue weighted by atomic mass is 16.5. The molecule has 0 aliphatic heterocycles. The number of fused-ring (bicyclic) bond motifs is 2. The summed E-state index contributed by atoms with van der Waals surface area (Å²) in [5.41, 5.74) is 9.73. The fourth-order valence-electron chi connectivity index (χ4n) is 3.57. The van der Waals surface area contributed by atoms with Gasteiger partial charge in [0.2, 0.25) is 0 Å². The molecule has 1 aliphatic carbocycles. The summed E-state index contributed by atoms with van der Waals surface area (Å²) in [6.45, 7) is 0. The van der Waals surface area contributed by atoms with Crippen molar-refractivity contribution in [1.29, 1.82) is 0 Å². The number of anilines is 1. The number of aryl methyl sites for hydroxylation is 1. The second-order valence-electron chi connectivity index (χ2n) is 5.94. The van der Waals surface area contributed by atoms with Gasteiger partial charge in [-0.05, 0) is 48.2 Å². The fourth-order valence-corrected chi connectivity index (χ4v) is 3.57. The van der Waals surface area contributed by atoms with Crippen LogP contribution in [-0.2, 0) is 6.42 Å². The van der Waals surface area contributed by atoms with E-state index in [2.05, 4.69) is 10.2 Å². The summed E-state index contributed by atoms with van der Waals surface area (Å²) in [4.78, 5) is 14.0. The molecule has 122 valence electrons. The Kier molecular flexibility index (Phi) is 3.37. The van der Waals surface area contributed by atoms with Crippen LogP contribution < -0.4 is 15.4 Å². The Balaban J connectivity index is 1.82.